The summed E-state index contributed by atoms with van der Waals surface area (Å²) in [5.41, 5.74) is 4.52. The van der Waals surface area contributed by atoms with Gasteiger partial charge in [-0.25, -0.2) is 4.79 Å². The lowest BCUT2D eigenvalue weighted by atomic mass is 10.0. The maximum atomic E-state index is 12.8. The van der Waals surface area contributed by atoms with Gasteiger partial charge in [0.15, 0.2) is 5.11 Å². The Labute approximate surface area is 187 Å². The number of nitrogens with one attached hydrogen (secondary N) is 2. The van der Waals surface area contributed by atoms with Gasteiger partial charge < -0.3 is 15.4 Å². The lowest BCUT2D eigenvalue weighted by Gasteiger charge is -2.16. The van der Waals surface area contributed by atoms with Crippen LogP contribution in [0.15, 0.2) is 54.6 Å². The molecule has 0 saturated heterocycles. The van der Waals surface area contributed by atoms with Gasteiger partial charge in [0, 0.05) is 16.1 Å². The largest absolute Gasteiger partial charge is 0.462 e. The molecule has 0 radical (unpaired) electrons. The average molecular weight is 439 g/mol. The Morgan fingerprint density at radius 1 is 1.07 bits per heavy atom. The molecular formula is C24H26N2O2S2. The molecule has 2 aromatic carbocycles. The summed E-state index contributed by atoms with van der Waals surface area (Å²) < 4.78 is 5.36. The normalized spacial score (nSPS) is 10.7. The van der Waals surface area contributed by atoms with Crippen LogP contribution >= 0.6 is 23.6 Å². The SMILES string of the molecule is CCOC(=O)c1c(NC(=S)Nc2ccccc2C(C)C)sc(C)c1-c1ccccc1. The van der Waals surface area contributed by atoms with Crippen LogP contribution in [-0.4, -0.2) is 17.7 Å². The summed E-state index contributed by atoms with van der Waals surface area (Å²) in [6.07, 6.45) is 0. The number of aryl methyl sites for hydroxylation is 1. The zero-order valence-electron chi connectivity index (χ0n) is 17.6. The van der Waals surface area contributed by atoms with Gasteiger partial charge in [-0.15, -0.1) is 11.3 Å². The van der Waals surface area contributed by atoms with Crippen molar-refractivity contribution in [1.82, 2.24) is 0 Å². The minimum atomic E-state index is -0.353. The summed E-state index contributed by atoms with van der Waals surface area (Å²) in [6, 6.07) is 18.0. The smallest absolute Gasteiger partial charge is 0.341 e. The predicted molar refractivity (Wildman–Crippen MR) is 131 cm³/mol. The molecule has 30 heavy (non-hydrogen) atoms. The zero-order valence-corrected chi connectivity index (χ0v) is 19.2. The maximum Gasteiger partial charge on any atom is 0.341 e. The number of hydrogen-bond acceptors (Lipinski definition) is 4. The number of ether oxygens (including phenoxy) is 1. The van der Waals surface area contributed by atoms with Crippen LogP contribution in [-0.2, 0) is 4.74 Å². The fourth-order valence-corrected chi connectivity index (χ4v) is 4.70. The Balaban J connectivity index is 1.94. The minimum absolute atomic E-state index is 0.311. The first-order valence-electron chi connectivity index (χ1n) is 9.95. The molecule has 0 aliphatic heterocycles. The van der Waals surface area contributed by atoms with Crippen LogP contribution in [0.3, 0.4) is 0 Å². The Bertz CT molecular complexity index is 1040. The molecule has 156 valence electrons. The quantitative estimate of drug-likeness (QED) is 0.326. The van der Waals surface area contributed by atoms with Gasteiger partial charge in [0.25, 0.3) is 0 Å². The van der Waals surface area contributed by atoms with Crippen molar-refractivity contribution in [2.75, 3.05) is 17.2 Å². The highest BCUT2D eigenvalue weighted by Crippen LogP contribution is 2.40. The third-order valence-electron chi connectivity index (χ3n) is 4.68. The molecule has 0 aliphatic rings. The highest BCUT2D eigenvalue weighted by atomic mass is 32.1. The fraction of sp³-hybridized carbons (Fsp3) is 0.250. The van der Waals surface area contributed by atoms with Gasteiger partial charge in [-0.1, -0.05) is 62.4 Å². The first-order valence-corrected chi connectivity index (χ1v) is 11.2. The summed E-state index contributed by atoms with van der Waals surface area (Å²) in [5.74, 6) is 0.00819. The second-order valence-corrected chi connectivity index (χ2v) is 8.78. The van der Waals surface area contributed by atoms with Crippen molar-refractivity contribution >= 4 is 45.3 Å². The standard InChI is InChI=1S/C24H26N2O2S2/c1-5-28-23(27)21-20(17-11-7-6-8-12-17)16(4)30-22(21)26-24(29)25-19-14-10-9-13-18(19)15(2)3/h6-15H,5H2,1-4H3,(H2,25,26,29). The second kappa shape index (κ2) is 9.87. The summed E-state index contributed by atoms with van der Waals surface area (Å²) in [7, 11) is 0. The molecule has 3 rings (SSSR count). The zero-order chi connectivity index (χ0) is 21.7. The number of esters is 1. The molecule has 0 spiro atoms. The molecule has 6 heteroatoms. The molecular weight excluding hydrogens is 412 g/mol. The summed E-state index contributed by atoms with van der Waals surface area (Å²) >= 11 is 7.08. The average Bonchev–Trinajstić information content (AvgIpc) is 3.04. The molecule has 0 unspecified atom stereocenters. The summed E-state index contributed by atoms with van der Waals surface area (Å²) in [4.78, 5) is 13.9. The van der Waals surface area contributed by atoms with Gasteiger partial charge in [0.05, 0.1) is 6.61 Å². The van der Waals surface area contributed by atoms with Gasteiger partial charge >= 0.3 is 5.97 Å². The molecule has 1 heterocycles. The Kier molecular flexibility index (Phi) is 7.24. The van der Waals surface area contributed by atoms with Crippen molar-refractivity contribution in [2.45, 2.75) is 33.6 Å². The lowest BCUT2D eigenvalue weighted by Crippen LogP contribution is -2.21. The van der Waals surface area contributed by atoms with Crippen molar-refractivity contribution < 1.29 is 9.53 Å². The molecule has 0 aliphatic carbocycles. The monoisotopic (exact) mass is 438 g/mol. The number of rotatable bonds is 6. The molecule has 0 amide bonds. The third kappa shape index (κ3) is 4.89. The topological polar surface area (TPSA) is 50.4 Å². The Hall–Kier alpha value is -2.70. The summed E-state index contributed by atoms with van der Waals surface area (Å²) in [6.45, 7) is 8.41. The van der Waals surface area contributed by atoms with Crippen LogP contribution in [0.4, 0.5) is 10.7 Å². The van der Waals surface area contributed by atoms with E-state index in [9.17, 15) is 4.79 Å². The van der Waals surface area contributed by atoms with E-state index in [2.05, 4.69) is 30.5 Å². The van der Waals surface area contributed by atoms with Gasteiger partial charge in [-0.3, -0.25) is 0 Å². The Morgan fingerprint density at radius 2 is 1.73 bits per heavy atom. The van der Waals surface area contributed by atoms with Gasteiger partial charge in [0.2, 0.25) is 0 Å². The van der Waals surface area contributed by atoms with E-state index in [1.54, 1.807) is 6.92 Å². The van der Waals surface area contributed by atoms with Crippen LogP contribution in [0, 0.1) is 6.92 Å². The van der Waals surface area contributed by atoms with Gasteiger partial charge in [-0.05, 0) is 49.2 Å². The molecule has 0 saturated carbocycles. The Morgan fingerprint density at radius 3 is 2.40 bits per heavy atom. The first-order chi connectivity index (χ1) is 14.4. The maximum absolute atomic E-state index is 12.8. The molecule has 0 fully saturated rings. The lowest BCUT2D eigenvalue weighted by molar-refractivity contribution is 0.0529. The van der Waals surface area contributed by atoms with Gasteiger partial charge in [-0.2, -0.15) is 0 Å². The van der Waals surface area contributed by atoms with Gasteiger partial charge in [0.1, 0.15) is 10.6 Å². The number of thiocarbonyl (C=S) groups is 1. The van der Waals surface area contributed by atoms with E-state index in [4.69, 9.17) is 17.0 Å². The second-order valence-electron chi connectivity index (χ2n) is 7.14. The van der Waals surface area contributed by atoms with Crippen molar-refractivity contribution in [1.29, 1.82) is 0 Å². The van der Waals surface area contributed by atoms with Crippen molar-refractivity contribution in [2.24, 2.45) is 0 Å². The molecule has 1 aromatic heterocycles. The van der Waals surface area contributed by atoms with E-state index in [1.807, 2.05) is 55.5 Å². The highest BCUT2D eigenvalue weighted by molar-refractivity contribution is 7.80. The van der Waals surface area contributed by atoms with Crippen molar-refractivity contribution in [3.05, 3.63) is 70.6 Å². The third-order valence-corrected chi connectivity index (χ3v) is 5.91. The van der Waals surface area contributed by atoms with Crippen LogP contribution in [0.5, 0.6) is 0 Å². The van der Waals surface area contributed by atoms with Crippen LogP contribution < -0.4 is 10.6 Å². The van der Waals surface area contributed by atoms with Crippen molar-refractivity contribution in [3.8, 4) is 11.1 Å². The number of hydrogen-bond donors (Lipinski definition) is 2. The molecule has 3 aromatic rings. The summed E-state index contributed by atoms with van der Waals surface area (Å²) in [5, 5.41) is 7.64. The van der Waals surface area contributed by atoms with E-state index in [-0.39, 0.29) is 5.97 Å². The number of thiophene rings is 1. The molecule has 0 atom stereocenters. The highest BCUT2D eigenvalue weighted by Gasteiger charge is 2.25. The van der Waals surface area contributed by atoms with Crippen LogP contribution in [0.1, 0.15) is 47.5 Å². The first kappa shape index (κ1) is 22.0. The number of anilines is 2. The van der Waals surface area contributed by atoms with E-state index < -0.39 is 0 Å². The minimum Gasteiger partial charge on any atom is -0.462 e. The fourth-order valence-electron chi connectivity index (χ4n) is 3.35. The van der Waals surface area contributed by atoms with E-state index >= 15 is 0 Å². The number of carbonyl (C=O) groups excluding carboxylic acids is 1. The number of para-hydroxylation sites is 1. The van der Waals surface area contributed by atoms with E-state index in [1.165, 1.54) is 16.9 Å². The van der Waals surface area contributed by atoms with Crippen molar-refractivity contribution in [3.63, 3.8) is 0 Å². The predicted octanol–water partition coefficient (Wildman–Crippen LogP) is 6.83. The van der Waals surface area contributed by atoms with E-state index in [0.29, 0.717) is 28.2 Å². The molecule has 4 nitrogen and oxygen atoms in total. The van der Waals surface area contributed by atoms with Crippen LogP contribution in [0.25, 0.3) is 11.1 Å². The molecule has 0 bridgehead atoms. The number of carbonyl (C=O) groups is 1. The van der Waals surface area contributed by atoms with E-state index in [0.717, 1.165) is 21.7 Å². The molecule has 2 N–H and O–H groups in total. The van der Waals surface area contributed by atoms with Crippen LogP contribution in [0.2, 0.25) is 0 Å². The number of benzene rings is 2.